The average Bonchev–Trinajstić information content (AvgIpc) is 3.16. The Morgan fingerprint density at radius 1 is 1.04 bits per heavy atom. The quantitative estimate of drug-likeness (QED) is 0.567. The van der Waals surface area contributed by atoms with Gasteiger partial charge in [0.15, 0.2) is 0 Å². The van der Waals surface area contributed by atoms with E-state index in [1.807, 2.05) is 0 Å². The molecule has 0 spiro atoms. The maximum absolute atomic E-state index is 3.95. The van der Waals surface area contributed by atoms with Gasteiger partial charge >= 0.3 is 0 Å². The first kappa shape index (κ1) is 17.1. The van der Waals surface area contributed by atoms with E-state index >= 15 is 0 Å². The van der Waals surface area contributed by atoms with Crippen LogP contribution in [0.3, 0.4) is 0 Å². The van der Waals surface area contributed by atoms with E-state index in [1.54, 1.807) is 0 Å². The first-order valence-corrected chi connectivity index (χ1v) is 9.70. The molecule has 0 aliphatic heterocycles. The van der Waals surface area contributed by atoms with Crippen molar-refractivity contribution in [1.82, 2.24) is 10.3 Å². The summed E-state index contributed by atoms with van der Waals surface area (Å²) in [5.41, 5.74) is 7.25. The molecule has 2 aromatic carbocycles. The molecule has 2 aliphatic carbocycles. The van der Waals surface area contributed by atoms with Crippen LogP contribution < -0.4 is 5.32 Å². The summed E-state index contributed by atoms with van der Waals surface area (Å²) in [5, 5.41) is 5.34. The molecule has 3 aromatic rings. The number of nitrogens with one attached hydrogen (secondary N) is 2. The Hall–Kier alpha value is -1.29. The Balaban J connectivity index is 0.00000157. The summed E-state index contributed by atoms with van der Waals surface area (Å²) in [4.78, 5) is 3.71. The maximum atomic E-state index is 3.95. The molecule has 0 radical (unpaired) electrons. The molecule has 5 rings (SSSR count). The molecular formula is C21H22BrClN2. The van der Waals surface area contributed by atoms with Crippen LogP contribution in [0.2, 0.25) is 0 Å². The van der Waals surface area contributed by atoms with Crippen LogP contribution in [0.5, 0.6) is 0 Å². The van der Waals surface area contributed by atoms with Crippen molar-refractivity contribution in [3.8, 4) is 0 Å². The normalized spacial score (nSPS) is 19.5. The molecule has 25 heavy (non-hydrogen) atoms. The molecule has 1 atom stereocenters. The Bertz CT molecular complexity index is 892. The van der Waals surface area contributed by atoms with Crippen LogP contribution in [0.4, 0.5) is 0 Å². The van der Waals surface area contributed by atoms with Crippen molar-refractivity contribution in [2.45, 2.75) is 44.2 Å². The number of halogens is 2. The molecule has 0 saturated heterocycles. The minimum Gasteiger partial charge on any atom is -0.357 e. The van der Waals surface area contributed by atoms with Crippen molar-refractivity contribution in [1.29, 1.82) is 0 Å². The van der Waals surface area contributed by atoms with Crippen molar-refractivity contribution >= 4 is 39.2 Å². The second-order valence-corrected chi connectivity index (χ2v) is 8.11. The predicted octanol–water partition coefficient (Wildman–Crippen LogP) is 5.49. The molecule has 0 saturated carbocycles. The third-order valence-electron chi connectivity index (χ3n) is 5.66. The van der Waals surface area contributed by atoms with E-state index in [-0.39, 0.29) is 12.4 Å². The van der Waals surface area contributed by atoms with Gasteiger partial charge < -0.3 is 10.3 Å². The fourth-order valence-electron chi connectivity index (χ4n) is 4.56. The van der Waals surface area contributed by atoms with Gasteiger partial charge in [0, 0.05) is 33.2 Å². The lowest BCUT2D eigenvalue weighted by atomic mass is 9.91. The first-order chi connectivity index (χ1) is 11.8. The van der Waals surface area contributed by atoms with Crippen LogP contribution in [-0.2, 0) is 19.3 Å². The smallest absolute Gasteiger partial charge is 0.0478 e. The lowest BCUT2D eigenvalue weighted by Gasteiger charge is -2.27. The Kier molecular flexibility index (Phi) is 4.65. The van der Waals surface area contributed by atoms with Crippen LogP contribution in [0.1, 0.15) is 41.3 Å². The van der Waals surface area contributed by atoms with Crippen LogP contribution >= 0.6 is 28.3 Å². The summed E-state index contributed by atoms with van der Waals surface area (Å²) in [6.45, 7) is 0. The molecule has 0 bridgehead atoms. The predicted molar refractivity (Wildman–Crippen MR) is 110 cm³/mol. The monoisotopic (exact) mass is 416 g/mol. The van der Waals surface area contributed by atoms with E-state index in [2.05, 4.69) is 68.7 Å². The fourth-order valence-corrected chi connectivity index (χ4v) is 4.92. The second-order valence-electron chi connectivity index (χ2n) is 7.19. The highest BCUT2D eigenvalue weighted by Gasteiger charge is 2.28. The minimum atomic E-state index is 0. The number of rotatable bonds is 2. The van der Waals surface area contributed by atoms with Crippen LogP contribution in [0.15, 0.2) is 46.9 Å². The van der Waals surface area contributed by atoms with E-state index < -0.39 is 0 Å². The van der Waals surface area contributed by atoms with Crippen molar-refractivity contribution in [3.63, 3.8) is 0 Å². The Labute approximate surface area is 162 Å². The highest BCUT2D eigenvalue weighted by molar-refractivity contribution is 9.10. The second kappa shape index (κ2) is 6.79. The van der Waals surface area contributed by atoms with E-state index in [1.165, 1.54) is 52.5 Å². The lowest BCUT2D eigenvalue weighted by molar-refractivity contribution is 0.396. The number of hydrogen-bond acceptors (Lipinski definition) is 1. The summed E-state index contributed by atoms with van der Waals surface area (Å²) in [6, 6.07) is 16.5. The molecule has 1 heterocycles. The summed E-state index contributed by atoms with van der Waals surface area (Å²) >= 11 is 3.62. The van der Waals surface area contributed by atoms with Gasteiger partial charge in [-0.3, -0.25) is 0 Å². The van der Waals surface area contributed by atoms with Gasteiger partial charge in [0.2, 0.25) is 0 Å². The van der Waals surface area contributed by atoms with Crippen molar-refractivity contribution in [3.05, 3.63) is 69.3 Å². The number of hydrogen-bond donors (Lipinski definition) is 2. The van der Waals surface area contributed by atoms with Gasteiger partial charge in [-0.05, 0) is 67.0 Å². The van der Waals surface area contributed by atoms with Crippen LogP contribution in [-0.4, -0.2) is 11.0 Å². The van der Waals surface area contributed by atoms with Crippen molar-refractivity contribution in [2.24, 2.45) is 0 Å². The van der Waals surface area contributed by atoms with Gasteiger partial charge in [-0.15, -0.1) is 12.4 Å². The molecule has 4 heteroatoms. The fraction of sp³-hybridized carbons (Fsp3) is 0.333. The number of fused-ring (bicyclic) bond motifs is 4. The summed E-state index contributed by atoms with van der Waals surface area (Å²) in [7, 11) is 0. The average molecular weight is 418 g/mol. The Morgan fingerprint density at radius 3 is 2.56 bits per heavy atom. The zero-order valence-electron chi connectivity index (χ0n) is 14.0. The molecule has 1 aromatic heterocycles. The molecular weight excluding hydrogens is 396 g/mol. The molecule has 130 valence electrons. The SMILES string of the molecule is Brc1ccc2[nH]c3c(c2c1)CCC[C@@H]3NC1Cc2ccccc2C1.Cl. The van der Waals surface area contributed by atoms with Gasteiger partial charge in [0.25, 0.3) is 0 Å². The number of aryl methyl sites for hydroxylation is 1. The first-order valence-electron chi connectivity index (χ1n) is 8.91. The zero-order chi connectivity index (χ0) is 16.1. The highest BCUT2D eigenvalue weighted by atomic mass is 79.9. The lowest BCUT2D eigenvalue weighted by Crippen LogP contribution is -2.35. The zero-order valence-corrected chi connectivity index (χ0v) is 16.4. The third kappa shape index (κ3) is 3.03. The van der Waals surface area contributed by atoms with Gasteiger partial charge in [-0.1, -0.05) is 40.2 Å². The molecule has 2 nitrogen and oxygen atoms in total. The largest absolute Gasteiger partial charge is 0.357 e. The summed E-state index contributed by atoms with van der Waals surface area (Å²) in [6.07, 6.45) is 6.01. The summed E-state index contributed by atoms with van der Waals surface area (Å²) in [5.74, 6) is 0. The molecule has 2 N–H and O–H groups in total. The number of H-pyrrole nitrogens is 1. The van der Waals surface area contributed by atoms with E-state index in [4.69, 9.17) is 0 Å². The standard InChI is InChI=1S/C21H21BrN2.ClH/c22-15-8-9-19-18(12-15)17-6-3-7-20(21(17)24-19)23-16-10-13-4-1-2-5-14(13)11-16;/h1-2,4-5,8-9,12,16,20,23-24H,3,6-7,10-11H2;1H/t20-;/m0./s1. The molecule has 0 fully saturated rings. The van der Waals surface area contributed by atoms with E-state index in [0.717, 1.165) is 17.3 Å². The third-order valence-corrected chi connectivity index (χ3v) is 6.15. The Morgan fingerprint density at radius 2 is 1.80 bits per heavy atom. The number of benzene rings is 2. The van der Waals surface area contributed by atoms with Crippen LogP contribution in [0, 0.1) is 0 Å². The number of aromatic nitrogens is 1. The van der Waals surface area contributed by atoms with Crippen LogP contribution in [0.25, 0.3) is 10.9 Å². The van der Waals surface area contributed by atoms with Gasteiger partial charge in [0.05, 0.1) is 0 Å². The highest BCUT2D eigenvalue weighted by Crippen LogP contribution is 2.36. The van der Waals surface area contributed by atoms with Crippen molar-refractivity contribution < 1.29 is 0 Å². The van der Waals surface area contributed by atoms with E-state index in [9.17, 15) is 0 Å². The molecule has 0 amide bonds. The number of aromatic amines is 1. The van der Waals surface area contributed by atoms with Gasteiger partial charge in [0.1, 0.15) is 0 Å². The minimum absolute atomic E-state index is 0. The molecule has 2 aliphatic rings. The summed E-state index contributed by atoms with van der Waals surface area (Å²) < 4.78 is 1.16. The topological polar surface area (TPSA) is 27.8 Å². The van der Waals surface area contributed by atoms with E-state index in [0.29, 0.717) is 12.1 Å². The molecule has 0 unspecified atom stereocenters. The van der Waals surface area contributed by atoms with Gasteiger partial charge in [-0.2, -0.15) is 0 Å². The van der Waals surface area contributed by atoms with Gasteiger partial charge in [-0.25, -0.2) is 0 Å². The van der Waals surface area contributed by atoms with Crippen molar-refractivity contribution in [2.75, 3.05) is 0 Å². The maximum Gasteiger partial charge on any atom is 0.0478 e.